The van der Waals surface area contributed by atoms with Gasteiger partial charge in [0.15, 0.2) is 0 Å². The molecular weight excluding hydrogens is 240 g/mol. The van der Waals surface area contributed by atoms with Crippen molar-refractivity contribution in [2.75, 3.05) is 0 Å². The molecule has 3 heterocycles. The Morgan fingerprint density at radius 3 is 2.89 bits per heavy atom. The van der Waals surface area contributed by atoms with Crippen LogP contribution in [0.4, 0.5) is 0 Å². The zero-order valence-electron chi connectivity index (χ0n) is 10.3. The Morgan fingerprint density at radius 1 is 1.21 bits per heavy atom. The molecule has 0 bridgehead atoms. The third kappa shape index (κ3) is 1.53. The van der Waals surface area contributed by atoms with Gasteiger partial charge in [-0.25, -0.2) is 0 Å². The van der Waals surface area contributed by atoms with E-state index >= 15 is 0 Å². The third-order valence-corrected chi connectivity index (χ3v) is 3.57. The minimum atomic E-state index is 0.0171. The number of rotatable bonds is 1. The van der Waals surface area contributed by atoms with E-state index in [2.05, 4.69) is 4.98 Å². The van der Waals surface area contributed by atoms with Gasteiger partial charge in [0, 0.05) is 18.5 Å². The van der Waals surface area contributed by atoms with E-state index < -0.39 is 0 Å². The Balaban J connectivity index is 1.99. The summed E-state index contributed by atoms with van der Waals surface area (Å²) in [4.78, 5) is 16.8. The normalized spacial score (nSPS) is 13.9. The molecule has 19 heavy (non-hydrogen) atoms. The molecule has 0 unspecified atom stereocenters. The molecule has 0 spiro atoms. The summed E-state index contributed by atoms with van der Waals surface area (Å²) in [5.41, 5.74) is 1.44. The quantitative estimate of drug-likeness (QED) is 0.668. The molecule has 4 nitrogen and oxygen atoms in total. The summed E-state index contributed by atoms with van der Waals surface area (Å²) in [7, 11) is 0. The van der Waals surface area contributed by atoms with E-state index in [0.717, 1.165) is 30.8 Å². The molecular formula is C15H12N2O2. The maximum absolute atomic E-state index is 12.3. The molecule has 4 heteroatoms. The Hall–Kier alpha value is -2.36. The summed E-state index contributed by atoms with van der Waals surface area (Å²) in [6.07, 6.45) is 1.84. The number of furan rings is 1. The molecule has 1 aliphatic heterocycles. The lowest BCUT2D eigenvalue weighted by molar-refractivity contribution is 0.610. The highest BCUT2D eigenvalue weighted by Crippen LogP contribution is 2.25. The van der Waals surface area contributed by atoms with Gasteiger partial charge < -0.3 is 4.42 Å². The van der Waals surface area contributed by atoms with Crippen molar-refractivity contribution in [3.05, 3.63) is 52.6 Å². The molecule has 1 aliphatic rings. The lowest BCUT2D eigenvalue weighted by Crippen LogP contribution is -2.19. The maximum atomic E-state index is 12.3. The second-order valence-electron chi connectivity index (χ2n) is 4.78. The van der Waals surface area contributed by atoms with Crippen molar-refractivity contribution in [2.45, 2.75) is 19.4 Å². The largest absolute Gasteiger partial charge is 0.437 e. The smallest absolute Gasteiger partial charge is 0.264 e. The average Bonchev–Trinajstić information content (AvgIpc) is 3.06. The SMILES string of the molecule is O=c1c2cc(-c3ccccc3)oc2nc2n1CCC2. The fraction of sp³-hybridized carbons (Fsp3) is 0.200. The summed E-state index contributed by atoms with van der Waals surface area (Å²) in [5, 5.41) is 0.574. The van der Waals surface area contributed by atoms with Crippen LogP contribution >= 0.6 is 0 Å². The molecule has 2 aromatic heterocycles. The van der Waals surface area contributed by atoms with Gasteiger partial charge in [0.2, 0.25) is 5.71 Å². The fourth-order valence-electron chi connectivity index (χ4n) is 2.62. The van der Waals surface area contributed by atoms with Crippen molar-refractivity contribution >= 4 is 11.1 Å². The van der Waals surface area contributed by atoms with Crippen molar-refractivity contribution in [3.8, 4) is 11.3 Å². The van der Waals surface area contributed by atoms with E-state index in [0.29, 0.717) is 16.9 Å². The van der Waals surface area contributed by atoms with Crippen LogP contribution in [-0.4, -0.2) is 9.55 Å². The number of aromatic nitrogens is 2. The number of fused-ring (bicyclic) bond motifs is 2. The molecule has 0 atom stereocenters. The highest BCUT2D eigenvalue weighted by atomic mass is 16.3. The van der Waals surface area contributed by atoms with Gasteiger partial charge in [0.05, 0.1) is 0 Å². The number of nitrogens with zero attached hydrogens (tertiary/aromatic N) is 2. The van der Waals surface area contributed by atoms with Gasteiger partial charge in [-0.3, -0.25) is 9.36 Å². The van der Waals surface area contributed by atoms with E-state index in [1.54, 1.807) is 10.6 Å². The van der Waals surface area contributed by atoms with Gasteiger partial charge in [-0.2, -0.15) is 4.98 Å². The van der Waals surface area contributed by atoms with Crippen LogP contribution in [0.1, 0.15) is 12.2 Å². The maximum Gasteiger partial charge on any atom is 0.264 e. The van der Waals surface area contributed by atoms with E-state index in [1.165, 1.54) is 0 Å². The highest BCUT2D eigenvalue weighted by Gasteiger charge is 2.19. The first-order valence-corrected chi connectivity index (χ1v) is 6.41. The molecule has 0 saturated heterocycles. The zero-order valence-corrected chi connectivity index (χ0v) is 10.3. The summed E-state index contributed by atoms with van der Waals surface area (Å²) in [6, 6.07) is 11.6. The molecule has 4 rings (SSSR count). The van der Waals surface area contributed by atoms with E-state index in [1.807, 2.05) is 30.3 Å². The molecule has 0 amide bonds. The van der Waals surface area contributed by atoms with Crippen LogP contribution < -0.4 is 5.56 Å². The van der Waals surface area contributed by atoms with Crippen molar-refractivity contribution in [3.63, 3.8) is 0 Å². The van der Waals surface area contributed by atoms with Gasteiger partial charge in [-0.05, 0) is 12.5 Å². The molecule has 0 fully saturated rings. The van der Waals surface area contributed by atoms with Gasteiger partial charge in [0.25, 0.3) is 5.56 Å². The standard InChI is InChI=1S/C15H12N2O2/c18-15-11-9-12(10-5-2-1-3-6-10)19-14(11)16-13-7-4-8-17(13)15/h1-3,5-6,9H,4,7-8H2. The highest BCUT2D eigenvalue weighted by molar-refractivity contribution is 5.79. The van der Waals surface area contributed by atoms with Crippen LogP contribution in [0.25, 0.3) is 22.4 Å². The predicted molar refractivity (Wildman–Crippen MR) is 72.0 cm³/mol. The number of hydrogen-bond donors (Lipinski definition) is 0. The Morgan fingerprint density at radius 2 is 2.05 bits per heavy atom. The molecule has 1 aromatic carbocycles. The summed E-state index contributed by atoms with van der Waals surface area (Å²) >= 11 is 0. The van der Waals surface area contributed by atoms with Crippen molar-refractivity contribution in [2.24, 2.45) is 0 Å². The summed E-state index contributed by atoms with van der Waals surface area (Å²) < 4.78 is 7.49. The van der Waals surface area contributed by atoms with Crippen LogP contribution in [0.2, 0.25) is 0 Å². The molecule has 94 valence electrons. The molecule has 3 aromatic rings. The van der Waals surface area contributed by atoms with Gasteiger partial charge >= 0.3 is 0 Å². The van der Waals surface area contributed by atoms with Crippen LogP contribution in [0, 0.1) is 0 Å². The number of benzene rings is 1. The van der Waals surface area contributed by atoms with E-state index in [4.69, 9.17) is 4.42 Å². The Bertz CT molecular complexity index is 815. The van der Waals surface area contributed by atoms with E-state index in [-0.39, 0.29) is 5.56 Å². The fourth-order valence-corrected chi connectivity index (χ4v) is 2.62. The summed E-state index contributed by atoms with van der Waals surface area (Å²) in [6.45, 7) is 0.767. The summed E-state index contributed by atoms with van der Waals surface area (Å²) in [5.74, 6) is 1.54. The van der Waals surface area contributed by atoms with Gasteiger partial charge in [-0.1, -0.05) is 30.3 Å². The van der Waals surface area contributed by atoms with Crippen LogP contribution in [0.3, 0.4) is 0 Å². The predicted octanol–water partition coefficient (Wildman–Crippen LogP) is 2.60. The number of hydrogen-bond acceptors (Lipinski definition) is 3. The lowest BCUT2D eigenvalue weighted by Gasteiger charge is -1.99. The van der Waals surface area contributed by atoms with Crippen LogP contribution in [-0.2, 0) is 13.0 Å². The molecule has 0 saturated carbocycles. The first kappa shape index (κ1) is 10.6. The first-order chi connectivity index (χ1) is 9.33. The van der Waals surface area contributed by atoms with E-state index in [9.17, 15) is 4.79 Å². The minimum absolute atomic E-state index is 0.0171. The second-order valence-corrected chi connectivity index (χ2v) is 4.78. The van der Waals surface area contributed by atoms with Crippen molar-refractivity contribution in [1.82, 2.24) is 9.55 Å². The average molecular weight is 252 g/mol. The monoisotopic (exact) mass is 252 g/mol. The molecule has 0 aliphatic carbocycles. The van der Waals surface area contributed by atoms with Crippen LogP contribution in [0.5, 0.6) is 0 Å². The Labute approximate surface area is 109 Å². The topological polar surface area (TPSA) is 48.0 Å². The van der Waals surface area contributed by atoms with Crippen molar-refractivity contribution < 1.29 is 4.42 Å². The molecule has 0 radical (unpaired) electrons. The first-order valence-electron chi connectivity index (χ1n) is 6.41. The third-order valence-electron chi connectivity index (χ3n) is 3.57. The lowest BCUT2D eigenvalue weighted by atomic mass is 10.2. The van der Waals surface area contributed by atoms with Gasteiger partial charge in [0.1, 0.15) is 17.0 Å². The van der Waals surface area contributed by atoms with Crippen molar-refractivity contribution in [1.29, 1.82) is 0 Å². The number of aryl methyl sites for hydroxylation is 1. The van der Waals surface area contributed by atoms with Gasteiger partial charge in [-0.15, -0.1) is 0 Å². The van der Waals surface area contributed by atoms with Crippen LogP contribution in [0.15, 0.2) is 45.6 Å². The molecule has 0 N–H and O–H groups in total. The Kier molecular flexibility index (Phi) is 2.12. The minimum Gasteiger partial charge on any atom is -0.437 e. The second kappa shape index (κ2) is 3.82. The zero-order chi connectivity index (χ0) is 12.8.